The molecular weight excluding hydrogens is 260 g/mol. The molecule has 3 heteroatoms. The van der Waals surface area contributed by atoms with Gasteiger partial charge in [0.05, 0.1) is 7.11 Å². The van der Waals surface area contributed by atoms with E-state index in [1.807, 2.05) is 30.3 Å². The van der Waals surface area contributed by atoms with Crippen LogP contribution in [0.5, 0.6) is 11.5 Å². The molecule has 0 aliphatic carbocycles. The summed E-state index contributed by atoms with van der Waals surface area (Å²) in [5, 5.41) is 0.717. The second-order valence-corrected chi connectivity index (χ2v) is 5.11. The first-order valence-corrected chi connectivity index (χ1v) is 6.73. The lowest BCUT2D eigenvalue weighted by atomic mass is 9.97. The van der Waals surface area contributed by atoms with E-state index in [4.69, 9.17) is 21.1 Å². The molecule has 1 aliphatic rings. The van der Waals surface area contributed by atoms with Crippen molar-refractivity contribution in [2.45, 2.75) is 18.9 Å². The van der Waals surface area contributed by atoms with Crippen molar-refractivity contribution in [3.8, 4) is 11.5 Å². The average Bonchev–Trinajstić information content (AvgIpc) is 2.46. The number of rotatable bonds is 2. The van der Waals surface area contributed by atoms with E-state index >= 15 is 0 Å². The fourth-order valence-corrected chi connectivity index (χ4v) is 2.56. The summed E-state index contributed by atoms with van der Waals surface area (Å²) in [5.41, 5.74) is 2.40. The van der Waals surface area contributed by atoms with Crippen LogP contribution in [0.1, 0.15) is 23.7 Å². The van der Waals surface area contributed by atoms with Gasteiger partial charge in [-0.2, -0.15) is 0 Å². The van der Waals surface area contributed by atoms with Gasteiger partial charge in [-0.25, -0.2) is 0 Å². The van der Waals surface area contributed by atoms with Gasteiger partial charge in [0.2, 0.25) is 0 Å². The summed E-state index contributed by atoms with van der Waals surface area (Å²) >= 11 is 6.01. The van der Waals surface area contributed by atoms with Crippen molar-refractivity contribution in [1.82, 2.24) is 0 Å². The van der Waals surface area contributed by atoms with Gasteiger partial charge in [0.15, 0.2) is 0 Å². The number of methoxy groups -OCH3 is 1. The van der Waals surface area contributed by atoms with Crippen LogP contribution in [0.2, 0.25) is 5.02 Å². The third kappa shape index (κ3) is 2.54. The van der Waals surface area contributed by atoms with Crippen LogP contribution >= 0.6 is 11.6 Å². The maximum atomic E-state index is 6.05. The molecule has 0 amide bonds. The third-order valence-corrected chi connectivity index (χ3v) is 3.70. The van der Waals surface area contributed by atoms with E-state index in [0.29, 0.717) is 5.02 Å². The van der Waals surface area contributed by atoms with E-state index in [1.54, 1.807) is 7.11 Å². The topological polar surface area (TPSA) is 18.5 Å². The smallest absolute Gasteiger partial charge is 0.124 e. The Kier molecular flexibility index (Phi) is 3.34. The molecule has 98 valence electrons. The van der Waals surface area contributed by atoms with Crippen molar-refractivity contribution in [2.24, 2.45) is 0 Å². The van der Waals surface area contributed by atoms with Gasteiger partial charge in [0, 0.05) is 5.02 Å². The molecule has 2 nitrogen and oxygen atoms in total. The maximum absolute atomic E-state index is 6.05. The van der Waals surface area contributed by atoms with Crippen LogP contribution < -0.4 is 9.47 Å². The van der Waals surface area contributed by atoms with E-state index in [1.165, 1.54) is 11.1 Å². The van der Waals surface area contributed by atoms with E-state index in [0.717, 1.165) is 24.3 Å². The molecule has 1 heterocycles. The summed E-state index contributed by atoms with van der Waals surface area (Å²) in [6.07, 6.45) is 2.10. The highest BCUT2D eigenvalue weighted by Gasteiger charge is 2.21. The summed E-state index contributed by atoms with van der Waals surface area (Å²) in [5.74, 6) is 1.77. The van der Waals surface area contributed by atoms with Crippen molar-refractivity contribution < 1.29 is 9.47 Å². The van der Waals surface area contributed by atoms with Gasteiger partial charge < -0.3 is 9.47 Å². The zero-order valence-corrected chi connectivity index (χ0v) is 11.5. The minimum absolute atomic E-state index is 0.0943. The molecule has 3 rings (SSSR count). The Morgan fingerprint density at radius 1 is 1.16 bits per heavy atom. The molecule has 1 unspecified atom stereocenters. The number of hydrogen-bond acceptors (Lipinski definition) is 2. The predicted octanol–water partition coefficient (Wildman–Crippen LogP) is 4.41. The first-order chi connectivity index (χ1) is 9.26. The lowest BCUT2D eigenvalue weighted by Gasteiger charge is -2.26. The van der Waals surface area contributed by atoms with Crippen molar-refractivity contribution in [3.63, 3.8) is 0 Å². The first kappa shape index (κ1) is 12.4. The average molecular weight is 275 g/mol. The monoisotopic (exact) mass is 274 g/mol. The number of ether oxygens (including phenoxy) is 2. The summed E-state index contributed by atoms with van der Waals surface area (Å²) in [7, 11) is 1.67. The van der Waals surface area contributed by atoms with Crippen molar-refractivity contribution in [1.29, 1.82) is 0 Å². The van der Waals surface area contributed by atoms with Gasteiger partial charge in [0.1, 0.15) is 17.6 Å². The molecule has 1 aliphatic heterocycles. The second-order valence-electron chi connectivity index (χ2n) is 4.67. The minimum atomic E-state index is 0.0943. The van der Waals surface area contributed by atoms with Crippen molar-refractivity contribution in [3.05, 3.63) is 58.6 Å². The van der Waals surface area contributed by atoms with Crippen LogP contribution in [0.3, 0.4) is 0 Å². The molecule has 1 atom stereocenters. The van der Waals surface area contributed by atoms with Crippen LogP contribution in [0, 0.1) is 0 Å². The van der Waals surface area contributed by atoms with E-state index in [-0.39, 0.29) is 6.10 Å². The molecule has 0 saturated carbocycles. The summed E-state index contributed by atoms with van der Waals surface area (Å²) in [4.78, 5) is 0. The van der Waals surface area contributed by atoms with Crippen LogP contribution in [0.15, 0.2) is 42.5 Å². The molecule has 0 spiro atoms. The predicted molar refractivity (Wildman–Crippen MR) is 76.1 cm³/mol. The van der Waals surface area contributed by atoms with Crippen molar-refractivity contribution in [2.75, 3.05) is 7.11 Å². The molecule has 0 aromatic heterocycles. The van der Waals surface area contributed by atoms with Crippen LogP contribution in [-0.4, -0.2) is 7.11 Å². The van der Waals surface area contributed by atoms with E-state index in [2.05, 4.69) is 12.1 Å². The fourth-order valence-electron chi connectivity index (χ4n) is 2.40. The Morgan fingerprint density at radius 3 is 2.68 bits per heavy atom. The Bertz CT molecular complexity index is 578. The van der Waals surface area contributed by atoms with Crippen LogP contribution in [0.4, 0.5) is 0 Å². The molecule has 0 N–H and O–H groups in total. The summed E-state index contributed by atoms with van der Waals surface area (Å²) in [6, 6.07) is 13.9. The van der Waals surface area contributed by atoms with E-state index in [9.17, 15) is 0 Å². The molecular formula is C16H15ClO2. The SMILES string of the molecule is COc1ccc(C2CCc3ccc(Cl)cc3O2)cc1. The van der Waals surface area contributed by atoms with Gasteiger partial charge >= 0.3 is 0 Å². The Labute approximate surface area is 117 Å². The molecule has 0 fully saturated rings. The Balaban J connectivity index is 1.84. The molecule has 0 saturated heterocycles. The van der Waals surface area contributed by atoms with Crippen molar-refractivity contribution >= 4 is 11.6 Å². The molecule has 0 bridgehead atoms. The van der Waals surface area contributed by atoms with Gasteiger partial charge in [-0.05, 0) is 48.2 Å². The highest BCUT2D eigenvalue weighted by Crippen LogP contribution is 2.36. The molecule has 19 heavy (non-hydrogen) atoms. The van der Waals surface area contributed by atoms with Gasteiger partial charge in [-0.3, -0.25) is 0 Å². The maximum Gasteiger partial charge on any atom is 0.124 e. The Morgan fingerprint density at radius 2 is 1.95 bits per heavy atom. The quantitative estimate of drug-likeness (QED) is 0.807. The molecule has 2 aromatic rings. The minimum Gasteiger partial charge on any atom is -0.497 e. The highest BCUT2D eigenvalue weighted by atomic mass is 35.5. The third-order valence-electron chi connectivity index (χ3n) is 3.46. The zero-order chi connectivity index (χ0) is 13.2. The fraction of sp³-hybridized carbons (Fsp3) is 0.250. The number of halogens is 1. The number of hydrogen-bond donors (Lipinski definition) is 0. The second kappa shape index (κ2) is 5.14. The lowest BCUT2D eigenvalue weighted by Crippen LogP contribution is -2.15. The normalized spacial score (nSPS) is 17.5. The highest BCUT2D eigenvalue weighted by molar-refractivity contribution is 6.30. The Hall–Kier alpha value is -1.67. The standard InChI is InChI=1S/C16H15ClO2/c1-18-14-7-3-11(4-8-14)15-9-5-12-2-6-13(17)10-16(12)19-15/h2-4,6-8,10,15H,5,9H2,1H3. The van der Waals surface area contributed by atoms with Gasteiger partial charge in [0.25, 0.3) is 0 Å². The van der Waals surface area contributed by atoms with Crippen LogP contribution in [-0.2, 0) is 6.42 Å². The van der Waals surface area contributed by atoms with E-state index < -0.39 is 0 Å². The first-order valence-electron chi connectivity index (χ1n) is 6.35. The summed E-state index contributed by atoms with van der Waals surface area (Å²) < 4.78 is 11.2. The molecule has 0 radical (unpaired) electrons. The number of benzene rings is 2. The number of aryl methyl sites for hydroxylation is 1. The largest absolute Gasteiger partial charge is 0.497 e. The van der Waals surface area contributed by atoms with Crippen LogP contribution in [0.25, 0.3) is 0 Å². The van der Waals surface area contributed by atoms with Gasteiger partial charge in [-0.15, -0.1) is 0 Å². The summed E-state index contributed by atoms with van der Waals surface area (Å²) in [6.45, 7) is 0. The number of fused-ring (bicyclic) bond motifs is 1. The zero-order valence-electron chi connectivity index (χ0n) is 10.7. The van der Waals surface area contributed by atoms with Gasteiger partial charge in [-0.1, -0.05) is 29.8 Å². The molecule has 2 aromatic carbocycles. The lowest BCUT2D eigenvalue weighted by molar-refractivity contribution is 0.176.